The van der Waals surface area contributed by atoms with E-state index >= 15 is 0 Å². The van der Waals surface area contributed by atoms with E-state index in [-0.39, 0.29) is 25.0 Å². The van der Waals surface area contributed by atoms with Gasteiger partial charge in [-0.2, -0.15) is 0 Å². The summed E-state index contributed by atoms with van der Waals surface area (Å²) >= 11 is 13.8. The molecule has 0 spiro atoms. The third kappa shape index (κ3) is 4.80. The van der Waals surface area contributed by atoms with Crippen LogP contribution in [0.4, 0.5) is 4.39 Å². The number of halogens is 3. The first-order valence-corrected chi connectivity index (χ1v) is 10.6. The molecule has 1 unspecified atom stereocenters. The second-order valence-electron chi connectivity index (χ2n) is 6.52. The van der Waals surface area contributed by atoms with Gasteiger partial charge in [0.15, 0.2) is 0 Å². The molecule has 160 valence electrons. The molecule has 11 heteroatoms. The van der Waals surface area contributed by atoms with Crippen molar-refractivity contribution in [1.29, 1.82) is 0 Å². The maximum Gasteiger partial charge on any atom is 0.302 e. The summed E-state index contributed by atoms with van der Waals surface area (Å²) in [7, 11) is 0. The highest BCUT2D eigenvalue weighted by Crippen LogP contribution is 2.34. The zero-order valence-corrected chi connectivity index (χ0v) is 18.0. The van der Waals surface area contributed by atoms with Crippen molar-refractivity contribution in [2.45, 2.75) is 19.3 Å². The SMILES string of the molecule is O=[N+]([O-])Oc1nccn1CC(OCc1csc2cccc(F)c12)c1ccc(Cl)cc1Cl. The molecule has 2 heterocycles. The number of benzene rings is 2. The lowest BCUT2D eigenvalue weighted by Gasteiger charge is -2.21. The van der Waals surface area contributed by atoms with Crippen LogP contribution >= 0.6 is 34.5 Å². The highest BCUT2D eigenvalue weighted by molar-refractivity contribution is 7.17. The van der Waals surface area contributed by atoms with Gasteiger partial charge >= 0.3 is 5.09 Å². The van der Waals surface area contributed by atoms with Gasteiger partial charge in [0.25, 0.3) is 6.01 Å². The van der Waals surface area contributed by atoms with E-state index < -0.39 is 11.2 Å². The van der Waals surface area contributed by atoms with Crippen molar-refractivity contribution in [3.05, 3.63) is 91.3 Å². The van der Waals surface area contributed by atoms with Crippen molar-refractivity contribution in [2.75, 3.05) is 0 Å². The molecule has 0 aliphatic carbocycles. The Hall–Kier alpha value is -2.72. The number of hydrogen-bond donors (Lipinski definition) is 0. The quantitative estimate of drug-likeness (QED) is 0.225. The Morgan fingerprint density at radius 1 is 1.29 bits per heavy atom. The average molecular weight is 482 g/mol. The predicted octanol–water partition coefficient (Wildman–Crippen LogP) is 6.07. The summed E-state index contributed by atoms with van der Waals surface area (Å²) < 4.78 is 22.7. The zero-order chi connectivity index (χ0) is 22.0. The molecule has 31 heavy (non-hydrogen) atoms. The van der Waals surface area contributed by atoms with Crippen molar-refractivity contribution in [3.8, 4) is 6.01 Å². The minimum Gasteiger partial charge on any atom is -0.367 e. The fraction of sp³-hybridized carbons (Fsp3) is 0.150. The fourth-order valence-electron chi connectivity index (χ4n) is 3.18. The summed E-state index contributed by atoms with van der Waals surface area (Å²) in [4.78, 5) is 19.1. The van der Waals surface area contributed by atoms with E-state index in [9.17, 15) is 14.5 Å². The largest absolute Gasteiger partial charge is 0.367 e. The molecule has 0 radical (unpaired) electrons. The van der Waals surface area contributed by atoms with E-state index in [1.807, 2.05) is 11.4 Å². The Morgan fingerprint density at radius 2 is 2.13 bits per heavy atom. The maximum atomic E-state index is 14.3. The summed E-state index contributed by atoms with van der Waals surface area (Å²) in [6, 6.07) is 9.66. The van der Waals surface area contributed by atoms with Gasteiger partial charge in [-0.15, -0.1) is 21.5 Å². The molecule has 0 aliphatic rings. The van der Waals surface area contributed by atoms with Crippen LogP contribution in [-0.2, 0) is 17.9 Å². The third-order valence-electron chi connectivity index (χ3n) is 4.57. The van der Waals surface area contributed by atoms with Crippen molar-refractivity contribution in [2.24, 2.45) is 0 Å². The zero-order valence-electron chi connectivity index (χ0n) is 15.7. The topological polar surface area (TPSA) is 79.4 Å². The lowest BCUT2D eigenvalue weighted by atomic mass is 10.1. The number of imidazole rings is 1. The molecule has 0 bridgehead atoms. The number of aromatic nitrogens is 2. The van der Waals surface area contributed by atoms with Gasteiger partial charge < -0.3 is 9.30 Å². The number of thiophene rings is 1. The maximum absolute atomic E-state index is 14.3. The highest BCUT2D eigenvalue weighted by atomic mass is 35.5. The number of nitrogens with zero attached hydrogens (tertiary/aromatic N) is 3. The van der Waals surface area contributed by atoms with E-state index in [2.05, 4.69) is 9.82 Å². The molecular weight excluding hydrogens is 468 g/mol. The van der Waals surface area contributed by atoms with Gasteiger partial charge in [0.2, 0.25) is 0 Å². The first-order chi connectivity index (χ1) is 14.9. The van der Waals surface area contributed by atoms with Gasteiger partial charge in [0.05, 0.1) is 13.2 Å². The van der Waals surface area contributed by atoms with Crippen molar-refractivity contribution in [1.82, 2.24) is 9.55 Å². The summed E-state index contributed by atoms with van der Waals surface area (Å²) in [5.41, 5.74) is 1.31. The lowest BCUT2D eigenvalue weighted by molar-refractivity contribution is -0.713. The van der Waals surface area contributed by atoms with Crippen LogP contribution in [0, 0.1) is 15.9 Å². The van der Waals surface area contributed by atoms with Gasteiger partial charge in [-0.25, -0.2) is 14.2 Å². The molecule has 2 aromatic carbocycles. The number of ether oxygens (including phenoxy) is 1. The third-order valence-corrected chi connectivity index (χ3v) is 6.13. The van der Waals surface area contributed by atoms with Gasteiger partial charge in [-0.3, -0.25) is 0 Å². The Balaban J connectivity index is 1.64. The first kappa shape index (κ1) is 21.5. The minimum atomic E-state index is -0.940. The normalized spacial score (nSPS) is 12.2. The lowest BCUT2D eigenvalue weighted by Crippen LogP contribution is -2.16. The number of fused-ring (bicyclic) bond motifs is 1. The Bertz CT molecular complexity index is 1250. The van der Waals surface area contributed by atoms with Crippen LogP contribution in [0.3, 0.4) is 0 Å². The first-order valence-electron chi connectivity index (χ1n) is 8.97. The van der Waals surface area contributed by atoms with Crippen molar-refractivity contribution < 1.29 is 19.1 Å². The standard InChI is InChI=1S/C20H14Cl2FN3O4S/c21-13-4-5-14(15(22)8-13)17(9-25-7-6-24-20(25)30-26(27)28)29-10-12-11-31-18-3-1-2-16(23)19(12)18/h1-8,11,17H,9-10H2. The van der Waals surface area contributed by atoms with Crippen LogP contribution in [0.1, 0.15) is 17.2 Å². The Morgan fingerprint density at radius 3 is 2.90 bits per heavy atom. The minimum absolute atomic E-state index is 0.102. The highest BCUT2D eigenvalue weighted by Gasteiger charge is 2.21. The van der Waals surface area contributed by atoms with Crippen LogP contribution in [0.25, 0.3) is 10.1 Å². The molecule has 0 saturated carbocycles. The van der Waals surface area contributed by atoms with Crippen LogP contribution in [-0.4, -0.2) is 14.6 Å². The van der Waals surface area contributed by atoms with Crippen LogP contribution in [0.5, 0.6) is 6.01 Å². The van der Waals surface area contributed by atoms with E-state index in [0.717, 1.165) is 4.70 Å². The van der Waals surface area contributed by atoms with Gasteiger partial charge in [-0.1, -0.05) is 35.3 Å². The van der Waals surface area contributed by atoms with Crippen molar-refractivity contribution >= 4 is 44.6 Å². The van der Waals surface area contributed by atoms with Gasteiger partial charge in [0.1, 0.15) is 11.9 Å². The summed E-state index contributed by atoms with van der Waals surface area (Å²) in [5.74, 6) is -0.324. The molecule has 0 fully saturated rings. The molecule has 0 saturated heterocycles. The summed E-state index contributed by atoms with van der Waals surface area (Å²) in [6.07, 6.45) is 2.26. The van der Waals surface area contributed by atoms with Crippen LogP contribution in [0.2, 0.25) is 10.0 Å². The van der Waals surface area contributed by atoms with Gasteiger partial charge in [-0.05, 0) is 35.2 Å². The van der Waals surface area contributed by atoms with E-state index in [1.165, 1.54) is 34.4 Å². The fourth-order valence-corrected chi connectivity index (χ4v) is 4.67. The smallest absolute Gasteiger partial charge is 0.302 e. The molecule has 0 aliphatic heterocycles. The number of rotatable bonds is 8. The monoisotopic (exact) mass is 481 g/mol. The molecule has 1 atom stereocenters. The number of hydrogen-bond acceptors (Lipinski definition) is 6. The molecule has 0 N–H and O–H groups in total. The van der Waals surface area contributed by atoms with E-state index in [1.54, 1.807) is 24.3 Å². The molecule has 7 nitrogen and oxygen atoms in total. The summed E-state index contributed by atoms with van der Waals surface area (Å²) in [6.45, 7) is 0.222. The Labute approximate surface area is 189 Å². The second-order valence-corrected chi connectivity index (χ2v) is 8.27. The average Bonchev–Trinajstić information content (AvgIpc) is 3.32. The molecule has 4 rings (SSSR count). The van der Waals surface area contributed by atoms with E-state index in [4.69, 9.17) is 27.9 Å². The molecule has 4 aromatic rings. The van der Waals surface area contributed by atoms with Crippen LogP contribution < -0.4 is 4.84 Å². The molecule has 0 amide bonds. The summed E-state index contributed by atoms with van der Waals surface area (Å²) in [5, 5.41) is 13.0. The predicted molar refractivity (Wildman–Crippen MR) is 116 cm³/mol. The van der Waals surface area contributed by atoms with Gasteiger partial charge in [0, 0.05) is 38.1 Å². The van der Waals surface area contributed by atoms with Crippen molar-refractivity contribution in [3.63, 3.8) is 0 Å². The van der Waals surface area contributed by atoms with E-state index in [0.29, 0.717) is 26.6 Å². The Kier molecular flexibility index (Phi) is 6.38. The van der Waals surface area contributed by atoms with Crippen LogP contribution in [0.15, 0.2) is 54.2 Å². The molecular formula is C20H14Cl2FN3O4S. The molecule has 2 aromatic heterocycles. The second kappa shape index (κ2) is 9.19.